The van der Waals surface area contributed by atoms with Crippen LogP contribution in [-0.4, -0.2) is 59.0 Å². The number of nitrogens with zero attached hydrogens (tertiary/aromatic N) is 4. The van der Waals surface area contributed by atoms with E-state index in [0.29, 0.717) is 6.04 Å². The lowest BCUT2D eigenvalue weighted by molar-refractivity contribution is -0.133. The van der Waals surface area contributed by atoms with Gasteiger partial charge in [-0.2, -0.15) is 0 Å². The van der Waals surface area contributed by atoms with Crippen molar-refractivity contribution >= 4 is 11.7 Å². The number of carbonyl (C=O) groups is 1. The zero-order valence-electron chi connectivity index (χ0n) is 12.6. The van der Waals surface area contributed by atoms with E-state index in [2.05, 4.69) is 25.7 Å². The fourth-order valence-corrected chi connectivity index (χ4v) is 3.38. The molecule has 2 unspecified atom stereocenters. The van der Waals surface area contributed by atoms with Gasteiger partial charge < -0.3 is 9.80 Å². The third kappa shape index (κ3) is 2.78. The Labute approximate surface area is 130 Å². The van der Waals surface area contributed by atoms with E-state index < -0.39 is 0 Å². The smallest absolute Gasteiger partial charge is 0.241 e. The quantitative estimate of drug-likeness (QED) is 0.803. The molecule has 4 rings (SSSR count). The number of anilines is 1. The first kappa shape index (κ1) is 13.9. The van der Waals surface area contributed by atoms with Gasteiger partial charge in [0.05, 0.1) is 6.20 Å². The maximum atomic E-state index is 12.6. The molecule has 3 aliphatic rings. The van der Waals surface area contributed by atoms with Gasteiger partial charge in [0, 0.05) is 44.6 Å². The Kier molecular flexibility index (Phi) is 3.67. The van der Waals surface area contributed by atoms with Gasteiger partial charge in [-0.25, -0.2) is 10.4 Å². The molecule has 2 aliphatic heterocycles. The van der Waals surface area contributed by atoms with Crippen LogP contribution in [-0.2, 0) is 4.79 Å². The molecular weight excluding hydrogens is 280 g/mol. The van der Waals surface area contributed by atoms with E-state index in [0.717, 1.165) is 44.3 Å². The van der Waals surface area contributed by atoms with E-state index in [1.165, 1.54) is 12.8 Å². The topological polar surface area (TPSA) is 73.4 Å². The van der Waals surface area contributed by atoms with Crippen molar-refractivity contribution in [3.63, 3.8) is 0 Å². The number of hydrogen-bond acceptors (Lipinski definition) is 6. The number of hydrogen-bond donors (Lipinski definition) is 2. The summed E-state index contributed by atoms with van der Waals surface area (Å²) in [5.74, 6) is 1.90. The van der Waals surface area contributed by atoms with Crippen molar-refractivity contribution in [3.05, 3.63) is 18.6 Å². The Hall–Kier alpha value is -1.73. The Balaban J connectivity index is 1.30. The highest BCUT2D eigenvalue weighted by molar-refractivity contribution is 5.82. The van der Waals surface area contributed by atoms with Crippen LogP contribution in [0.3, 0.4) is 0 Å². The van der Waals surface area contributed by atoms with E-state index in [1.807, 2.05) is 4.90 Å². The first-order chi connectivity index (χ1) is 10.8. The fraction of sp³-hybridized carbons (Fsp3) is 0.667. The van der Waals surface area contributed by atoms with Crippen molar-refractivity contribution in [2.24, 2.45) is 5.92 Å². The third-order valence-electron chi connectivity index (χ3n) is 4.89. The second-order valence-electron chi connectivity index (χ2n) is 6.40. The molecule has 1 aromatic rings. The lowest BCUT2D eigenvalue weighted by Crippen LogP contribution is -2.53. The van der Waals surface area contributed by atoms with Gasteiger partial charge in [0.1, 0.15) is 11.9 Å². The van der Waals surface area contributed by atoms with Crippen molar-refractivity contribution in [3.8, 4) is 0 Å². The third-order valence-corrected chi connectivity index (χ3v) is 4.89. The number of nitrogens with one attached hydrogen (secondary N) is 2. The zero-order valence-corrected chi connectivity index (χ0v) is 12.6. The van der Waals surface area contributed by atoms with Crippen LogP contribution in [0.25, 0.3) is 0 Å². The molecule has 0 radical (unpaired) electrons. The molecule has 0 spiro atoms. The molecular formula is C15H22N6O. The molecule has 1 amide bonds. The SMILES string of the molecule is O=C(C1CC(C2CC2)NN1)N1CCN(c2cnccn2)CC1. The summed E-state index contributed by atoms with van der Waals surface area (Å²) in [5, 5.41) is 0. The molecule has 1 aromatic heterocycles. The molecule has 1 aliphatic carbocycles. The average molecular weight is 302 g/mol. The van der Waals surface area contributed by atoms with Crippen molar-refractivity contribution < 1.29 is 4.79 Å². The Morgan fingerprint density at radius 3 is 2.64 bits per heavy atom. The monoisotopic (exact) mass is 302 g/mol. The zero-order chi connectivity index (χ0) is 14.9. The van der Waals surface area contributed by atoms with Gasteiger partial charge in [-0.05, 0) is 25.2 Å². The number of rotatable bonds is 3. The van der Waals surface area contributed by atoms with E-state index in [4.69, 9.17) is 0 Å². The lowest BCUT2D eigenvalue weighted by Gasteiger charge is -2.36. The van der Waals surface area contributed by atoms with Crippen LogP contribution in [0.15, 0.2) is 18.6 Å². The minimum absolute atomic E-state index is 0.0614. The van der Waals surface area contributed by atoms with Gasteiger partial charge in [-0.1, -0.05) is 0 Å². The van der Waals surface area contributed by atoms with E-state index in [1.54, 1.807) is 18.6 Å². The number of amides is 1. The van der Waals surface area contributed by atoms with Crippen LogP contribution in [0.4, 0.5) is 5.82 Å². The predicted octanol–water partition coefficient (Wildman–Crippen LogP) is -0.230. The second kappa shape index (κ2) is 5.81. The summed E-state index contributed by atoms with van der Waals surface area (Å²) in [6.45, 7) is 3.14. The maximum Gasteiger partial charge on any atom is 0.241 e. The molecule has 22 heavy (non-hydrogen) atoms. The molecule has 2 atom stereocenters. The summed E-state index contributed by atoms with van der Waals surface area (Å²) >= 11 is 0. The highest BCUT2D eigenvalue weighted by atomic mass is 16.2. The van der Waals surface area contributed by atoms with Gasteiger partial charge in [-0.3, -0.25) is 15.2 Å². The van der Waals surface area contributed by atoms with E-state index >= 15 is 0 Å². The fourth-order valence-electron chi connectivity index (χ4n) is 3.38. The first-order valence-electron chi connectivity index (χ1n) is 8.12. The highest BCUT2D eigenvalue weighted by Gasteiger charge is 2.40. The summed E-state index contributed by atoms with van der Waals surface area (Å²) in [4.78, 5) is 25.2. The Morgan fingerprint density at radius 2 is 1.95 bits per heavy atom. The second-order valence-corrected chi connectivity index (χ2v) is 6.40. The molecule has 3 heterocycles. The van der Waals surface area contributed by atoms with Crippen LogP contribution in [0.2, 0.25) is 0 Å². The van der Waals surface area contributed by atoms with Crippen LogP contribution in [0, 0.1) is 5.92 Å². The van der Waals surface area contributed by atoms with Gasteiger partial charge in [0.25, 0.3) is 0 Å². The summed E-state index contributed by atoms with van der Waals surface area (Å²) in [6.07, 6.45) is 8.69. The normalized spacial score (nSPS) is 28.9. The van der Waals surface area contributed by atoms with Crippen molar-refractivity contribution in [1.82, 2.24) is 25.7 Å². The largest absolute Gasteiger partial charge is 0.352 e. The average Bonchev–Trinajstić information content (AvgIpc) is 3.32. The summed E-state index contributed by atoms with van der Waals surface area (Å²) in [7, 11) is 0. The van der Waals surface area contributed by atoms with Crippen LogP contribution < -0.4 is 15.8 Å². The van der Waals surface area contributed by atoms with E-state index in [-0.39, 0.29) is 11.9 Å². The number of hydrazine groups is 1. The summed E-state index contributed by atoms with van der Waals surface area (Å²) < 4.78 is 0. The molecule has 2 saturated heterocycles. The lowest BCUT2D eigenvalue weighted by atomic mass is 10.1. The minimum Gasteiger partial charge on any atom is -0.352 e. The van der Waals surface area contributed by atoms with Gasteiger partial charge in [0.15, 0.2) is 0 Å². The predicted molar refractivity (Wildman–Crippen MR) is 82.0 cm³/mol. The molecule has 0 bridgehead atoms. The van der Waals surface area contributed by atoms with Crippen molar-refractivity contribution in [2.45, 2.75) is 31.3 Å². The summed E-state index contributed by atoms with van der Waals surface area (Å²) in [6, 6.07) is 0.420. The number of piperazine rings is 1. The molecule has 118 valence electrons. The first-order valence-corrected chi connectivity index (χ1v) is 8.12. The van der Waals surface area contributed by atoms with Crippen LogP contribution in [0.5, 0.6) is 0 Å². The van der Waals surface area contributed by atoms with Gasteiger partial charge in [-0.15, -0.1) is 0 Å². The molecule has 7 heteroatoms. The molecule has 1 saturated carbocycles. The standard InChI is InChI=1S/C15H22N6O/c22-15(13-9-12(18-19-13)11-1-2-11)21-7-5-20(6-8-21)14-10-16-3-4-17-14/h3-4,10-13,18-19H,1-2,5-9H2. The maximum absolute atomic E-state index is 12.6. The van der Waals surface area contributed by atoms with Crippen molar-refractivity contribution in [1.29, 1.82) is 0 Å². The Bertz CT molecular complexity index is 526. The van der Waals surface area contributed by atoms with Crippen molar-refractivity contribution in [2.75, 3.05) is 31.1 Å². The van der Waals surface area contributed by atoms with Crippen LogP contribution in [0.1, 0.15) is 19.3 Å². The molecule has 2 N–H and O–H groups in total. The Morgan fingerprint density at radius 1 is 1.14 bits per heavy atom. The molecule has 3 fully saturated rings. The molecule has 0 aromatic carbocycles. The van der Waals surface area contributed by atoms with Gasteiger partial charge >= 0.3 is 0 Å². The number of aromatic nitrogens is 2. The van der Waals surface area contributed by atoms with Gasteiger partial charge in [0.2, 0.25) is 5.91 Å². The van der Waals surface area contributed by atoms with Crippen LogP contribution >= 0.6 is 0 Å². The highest BCUT2D eigenvalue weighted by Crippen LogP contribution is 2.35. The minimum atomic E-state index is -0.0614. The summed E-state index contributed by atoms with van der Waals surface area (Å²) in [5.41, 5.74) is 6.49. The molecule has 7 nitrogen and oxygen atoms in total. The van der Waals surface area contributed by atoms with E-state index in [9.17, 15) is 4.79 Å². The number of carbonyl (C=O) groups excluding carboxylic acids is 1.